The van der Waals surface area contributed by atoms with Gasteiger partial charge in [0.15, 0.2) is 0 Å². The number of aryl methyl sites for hydroxylation is 1. The second-order valence-corrected chi connectivity index (χ2v) is 7.70. The molecule has 0 spiro atoms. The minimum Gasteiger partial charge on any atom is -0.325 e. The molecule has 0 atom stereocenters. The zero-order valence-electron chi connectivity index (χ0n) is 17.9. The van der Waals surface area contributed by atoms with Gasteiger partial charge in [-0.2, -0.15) is 0 Å². The quantitative estimate of drug-likeness (QED) is 0.661. The van der Waals surface area contributed by atoms with E-state index < -0.39 is 0 Å². The predicted octanol–water partition coefficient (Wildman–Crippen LogP) is 2.84. The van der Waals surface area contributed by atoms with E-state index in [9.17, 15) is 4.79 Å². The third-order valence-corrected chi connectivity index (χ3v) is 5.33. The largest absolute Gasteiger partial charge is 0.325 e. The number of aromatic nitrogens is 3. The molecule has 3 heterocycles. The van der Waals surface area contributed by atoms with Crippen molar-refractivity contribution < 1.29 is 4.79 Å². The van der Waals surface area contributed by atoms with Crippen LogP contribution in [0.2, 0.25) is 0 Å². The fourth-order valence-corrected chi connectivity index (χ4v) is 3.56. The molecule has 31 heavy (non-hydrogen) atoms. The Morgan fingerprint density at radius 2 is 1.74 bits per heavy atom. The lowest BCUT2D eigenvalue weighted by atomic mass is 10.1. The molecule has 1 amide bonds. The first kappa shape index (κ1) is 20.9. The fraction of sp³-hybridized carbons (Fsp3) is 0.304. The first-order valence-corrected chi connectivity index (χ1v) is 10.4. The van der Waals surface area contributed by atoms with Crippen LogP contribution in [0.1, 0.15) is 5.56 Å². The van der Waals surface area contributed by atoms with Crippen LogP contribution in [0, 0.1) is 6.92 Å². The summed E-state index contributed by atoms with van der Waals surface area (Å²) in [5.74, 6) is 1.21. The molecule has 0 unspecified atom stereocenters. The molecular formula is C23H27N7O. The van der Waals surface area contributed by atoms with Gasteiger partial charge in [0.2, 0.25) is 11.9 Å². The predicted molar refractivity (Wildman–Crippen MR) is 122 cm³/mol. The normalized spacial score (nSPS) is 14.9. The molecule has 1 aliphatic heterocycles. The van der Waals surface area contributed by atoms with E-state index in [0.717, 1.165) is 43.1 Å². The summed E-state index contributed by atoms with van der Waals surface area (Å²) in [5, 5.41) is 3.04. The number of carbonyl (C=O) groups excluding carboxylic acids is 1. The lowest BCUT2D eigenvalue weighted by molar-refractivity contribution is -0.117. The van der Waals surface area contributed by atoms with Crippen molar-refractivity contribution in [3.63, 3.8) is 0 Å². The highest BCUT2D eigenvalue weighted by Gasteiger charge is 2.20. The Bertz CT molecular complexity index is 965. The second-order valence-electron chi connectivity index (χ2n) is 7.70. The van der Waals surface area contributed by atoms with Gasteiger partial charge in [0.25, 0.3) is 0 Å². The van der Waals surface area contributed by atoms with Gasteiger partial charge in [0.1, 0.15) is 5.82 Å². The topological polar surface area (TPSA) is 77.5 Å². The van der Waals surface area contributed by atoms with Crippen molar-refractivity contribution in [2.45, 2.75) is 6.92 Å². The van der Waals surface area contributed by atoms with E-state index in [-0.39, 0.29) is 5.91 Å². The Balaban J connectivity index is 1.57. The Kier molecular flexibility index (Phi) is 6.49. The Hall–Kier alpha value is -3.36. The molecule has 1 aliphatic rings. The Labute approximate surface area is 182 Å². The number of hydrogen-bond donors (Lipinski definition) is 1. The van der Waals surface area contributed by atoms with Crippen LogP contribution in [-0.4, -0.2) is 70.4 Å². The van der Waals surface area contributed by atoms with Crippen molar-refractivity contribution in [2.75, 3.05) is 50.0 Å². The highest BCUT2D eigenvalue weighted by atomic mass is 16.2. The minimum absolute atomic E-state index is 0.0142. The van der Waals surface area contributed by atoms with Crippen molar-refractivity contribution >= 4 is 29.0 Å². The van der Waals surface area contributed by atoms with Gasteiger partial charge in [0, 0.05) is 50.5 Å². The highest BCUT2D eigenvalue weighted by molar-refractivity contribution is 5.93. The lowest BCUT2D eigenvalue weighted by Gasteiger charge is -2.31. The van der Waals surface area contributed by atoms with E-state index >= 15 is 0 Å². The Morgan fingerprint density at radius 3 is 2.45 bits per heavy atom. The number of likely N-dealkylation sites (N-methyl/N-ethyl adjacent to an activating group) is 1. The van der Waals surface area contributed by atoms with Crippen LogP contribution < -0.4 is 10.2 Å². The van der Waals surface area contributed by atoms with Crippen LogP contribution in [0.3, 0.4) is 0 Å². The molecule has 1 N–H and O–H groups in total. The number of carbonyl (C=O) groups is 1. The number of pyridine rings is 1. The summed E-state index contributed by atoms with van der Waals surface area (Å²) in [6.45, 7) is 6.19. The van der Waals surface area contributed by atoms with Crippen LogP contribution in [0.15, 0.2) is 61.1 Å². The summed E-state index contributed by atoms with van der Waals surface area (Å²) < 4.78 is 0. The summed E-state index contributed by atoms with van der Waals surface area (Å²) in [6.07, 6.45) is 5.15. The SMILES string of the molecule is Cc1ccc(NC(=O)CN2CCN(C)CC2)cc1N(c1ccccn1)c1ncccn1. The van der Waals surface area contributed by atoms with Crippen molar-refractivity contribution in [1.29, 1.82) is 0 Å². The number of nitrogens with one attached hydrogen (secondary N) is 1. The summed E-state index contributed by atoms with van der Waals surface area (Å²) in [5.41, 5.74) is 2.62. The maximum absolute atomic E-state index is 12.7. The van der Waals surface area contributed by atoms with Crippen LogP contribution >= 0.6 is 0 Å². The molecule has 0 bridgehead atoms. The van der Waals surface area contributed by atoms with Gasteiger partial charge >= 0.3 is 0 Å². The standard InChI is InChI=1S/C23H27N7O/c1-18-7-8-19(27-22(31)17-29-14-12-28(2)13-15-29)16-20(18)30(21-6-3-4-9-24-21)23-25-10-5-11-26-23/h3-11,16H,12-15,17H2,1-2H3,(H,27,31). The maximum atomic E-state index is 12.7. The van der Waals surface area contributed by atoms with Gasteiger partial charge in [-0.25, -0.2) is 15.0 Å². The zero-order chi connectivity index (χ0) is 21.6. The molecule has 2 aromatic heterocycles. The van der Waals surface area contributed by atoms with Gasteiger partial charge < -0.3 is 10.2 Å². The average molecular weight is 418 g/mol. The number of benzene rings is 1. The molecule has 160 valence electrons. The average Bonchev–Trinajstić information content (AvgIpc) is 2.79. The van der Waals surface area contributed by atoms with Crippen molar-refractivity contribution in [1.82, 2.24) is 24.8 Å². The summed E-state index contributed by atoms with van der Waals surface area (Å²) >= 11 is 0. The first-order valence-electron chi connectivity index (χ1n) is 10.4. The van der Waals surface area contributed by atoms with Gasteiger partial charge in [-0.3, -0.25) is 14.6 Å². The van der Waals surface area contributed by atoms with E-state index in [1.165, 1.54) is 0 Å². The van der Waals surface area contributed by atoms with E-state index in [0.29, 0.717) is 18.3 Å². The fourth-order valence-electron chi connectivity index (χ4n) is 3.56. The van der Waals surface area contributed by atoms with E-state index in [2.05, 4.69) is 37.1 Å². The molecule has 0 aliphatic carbocycles. The van der Waals surface area contributed by atoms with Crippen LogP contribution in [0.4, 0.5) is 23.1 Å². The number of rotatable bonds is 6. The summed E-state index contributed by atoms with van der Waals surface area (Å²) in [6, 6.07) is 13.3. The highest BCUT2D eigenvalue weighted by Crippen LogP contribution is 2.34. The Morgan fingerprint density at radius 1 is 1.00 bits per heavy atom. The number of amides is 1. The third kappa shape index (κ3) is 5.22. The van der Waals surface area contributed by atoms with Crippen LogP contribution in [-0.2, 0) is 4.79 Å². The molecule has 1 aromatic carbocycles. The molecule has 8 nitrogen and oxygen atoms in total. The third-order valence-electron chi connectivity index (χ3n) is 5.33. The second kappa shape index (κ2) is 9.63. The van der Waals surface area contributed by atoms with E-state index in [1.807, 2.05) is 48.2 Å². The van der Waals surface area contributed by atoms with Gasteiger partial charge in [-0.05, 0) is 49.9 Å². The summed E-state index contributed by atoms with van der Waals surface area (Å²) in [4.78, 5) is 32.3. The maximum Gasteiger partial charge on any atom is 0.238 e. The monoisotopic (exact) mass is 417 g/mol. The number of piperazine rings is 1. The molecule has 4 rings (SSSR count). The molecule has 1 saturated heterocycles. The van der Waals surface area contributed by atoms with Crippen LogP contribution in [0.5, 0.6) is 0 Å². The molecule has 8 heteroatoms. The van der Waals surface area contributed by atoms with Gasteiger partial charge in [-0.15, -0.1) is 0 Å². The molecule has 0 radical (unpaired) electrons. The van der Waals surface area contributed by atoms with Crippen LogP contribution in [0.25, 0.3) is 0 Å². The van der Waals surface area contributed by atoms with E-state index in [4.69, 9.17) is 0 Å². The number of hydrogen-bond acceptors (Lipinski definition) is 7. The number of nitrogens with zero attached hydrogens (tertiary/aromatic N) is 6. The van der Waals surface area contributed by atoms with E-state index in [1.54, 1.807) is 24.7 Å². The molecular weight excluding hydrogens is 390 g/mol. The zero-order valence-corrected chi connectivity index (χ0v) is 17.9. The smallest absolute Gasteiger partial charge is 0.238 e. The molecule has 0 saturated carbocycles. The lowest BCUT2D eigenvalue weighted by Crippen LogP contribution is -2.47. The number of anilines is 4. The van der Waals surface area contributed by atoms with Gasteiger partial charge in [0.05, 0.1) is 12.2 Å². The van der Waals surface area contributed by atoms with Crippen molar-refractivity contribution in [3.05, 3.63) is 66.6 Å². The summed E-state index contributed by atoms with van der Waals surface area (Å²) in [7, 11) is 2.11. The minimum atomic E-state index is -0.0142. The van der Waals surface area contributed by atoms with Crippen molar-refractivity contribution in [2.24, 2.45) is 0 Å². The molecule has 1 fully saturated rings. The molecule has 3 aromatic rings. The van der Waals surface area contributed by atoms with Crippen molar-refractivity contribution in [3.8, 4) is 0 Å². The van der Waals surface area contributed by atoms with Gasteiger partial charge in [-0.1, -0.05) is 12.1 Å². The first-order chi connectivity index (χ1) is 15.1.